The van der Waals surface area contributed by atoms with Gasteiger partial charge in [-0.25, -0.2) is 4.98 Å². The molecule has 0 aliphatic rings. The van der Waals surface area contributed by atoms with E-state index in [2.05, 4.69) is 20.9 Å². The van der Waals surface area contributed by atoms with Crippen molar-refractivity contribution < 1.29 is 9.15 Å². The molecule has 1 aromatic heterocycles. The number of nitrogens with zero attached hydrogens (tertiary/aromatic N) is 1. The Morgan fingerprint density at radius 2 is 2.33 bits per heavy atom. The van der Waals surface area contributed by atoms with Crippen molar-refractivity contribution in [3.63, 3.8) is 0 Å². The van der Waals surface area contributed by atoms with Crippen LogP contribution in [0.2, 0.25) is 5.02 Å². The Balaban J connectivity index is 1.99. The van der Waals surface area contributed by atoms with E-state index in [4.69, 9.17) is 20.8 Å². The molecule has 0 radical (unpaired) electrons. The van der Waals surface area contributed by atoms with Crippen molar-refractivity contribution in [2.45, 2.75) is 6.61 Å². The topological polar surface area (TPSA) is 35.3 Å². The first-order valence-corrected chi connectivity index (χ1v) is 5.39. The van der Waals surface area contributed by atoms with Crippen LogP contribution in [0.5, 0.6) is 5.75 Å². The molecule has 2 aromatic rings. The number of benzene rings is 1. The quantitative estimate of drug-likeness (QED) is 0.864. The number of oxazole rings is 1. The van der Waals surface area contributed by atoms with Crippen LogP contribution in [-0.4, -0.2) is 4.98 Å². The molecule has 0 amide bonds. The highest BCUT2D eigenvalue weighted by molar-refractivity contribution is 9.10. The van der Waals surface area contributed by atoms with Crippen molar-refractivity contribution in [3.8, 4) is 5.75 Å². The van der Waals surface area contributed by atoms with Crippen LogP contribution in [-0.2, 0) is 6.61 Å². The Morgan fingerprint density at radius 3 is 3.00 bits per heavy atom. The van der Waals surface area contributed by atoms with Crippen molar-refractivity contribution in [2.24, 2.45) is 0 Å². The molecule has 0 aliphatic heterocycles. The third-order valence-corrected chi connectivity index (χ3v) is 2.31. The van der Waals surface area contributed by atoms with Crippen molar-refractivity contribution in [2.75, 3.05) is 0 Å². The fourth-order valence-electron chi connectivity index (χ4n) is 1.06. The summed E-state index contributed by atoms with van der Waals surface area (Å²) in [6.07, 6.45) is 1.54. The number of hydrogen-bond donors (Lipinski definition) is 0. The Labute approximate surface area is 100 Å². The summed E-state index contributed by atoms with van der Waals surface area (Å²) in [7, 11) is 0. The average Bonchev–Trinajstić information content (AvgIpc) is 2.62. The zero-order valence-corrected chi connectivity index (χ0v) is 9.96. The van der Waals surface area contributed by atoms with Crippen molar-refractivity contribution >= 4 is 27.5 Å². The lowest BCUT2D eigenvalue weighted by atomic mass is 10.3. The van der Waals surface area contributed by atoms with Gasteiger partial charge in [-0.3, -0.25) is 0 Å². The Hall–Kier alpha value is -1.000. The van der Waals surface area contributed by atoms with Crippen LogP contribution in [0.4, 0.5) is 0 Å². The number of ether oxygens (including phenoxy) is 1. The lowest BCUT2D eigenvalue weighted by molar-refractivity contribution is 0.301. The third kappa shape index (κ3) is 2.97. The van der Waals surface area contributed by atoms with E-state index < -0.39 is 0 Å². The summed E-state index contributed by atoms with van der Waals surface area (Å²) in [6, 6.07) is 7.20. The molecule has 1 heterocycles. The molecule has 0 spiro atoms. The predicted molar refractivity (Wildman–Crippen MR) is 60.0 cm³/mol. The van der Waals surface area contributed by atoms with Crippen LogP contribution in [0.1, 0.15) is 5.69 Å². The molecule has 0 N–H and O–H groups in total. The van der Waals surface area contributed by atoms with Gasteiger partial charge in [0.1, 0.15) is 24.3 Å². The molecule has 5 heteroatoms. The van der Waals surface area contributed by atoms with Crippen molar-refractivity contribution in [3.05, 3.63) is 46.0 Å². The molecule has 15 heavy (non-hydrogen) atoms. The second-order valence-corrected chi connectivity index (χ2v) is 3.95. The summed E-state index contributed by atoms with van der Waals surface area (Å²) < 4.78 is 10.4. The smallest absolute Gasteiger partial charge is 0.264 e. The molecule has 0 aliphatic carbocycles. The highest BCUT2D eigenvalue weighted by atomic mass is 79.9. The Bertz CT molecular complexity index is 458. The van der Waals surface area contributed by atoms with Crippen LogP contribution < -0.4 is 4.74 Å². The number of rotatable bonds is 3. The molecule has 0 atom stereocenters. The molecule has 2 rings (SSSR count). The predicted octanol–water partition coefficient (Wildman–Crippen LogP) is 3.67. The third-order valence-electron chi connectivity index (χ3n) is 1.71. The van der Waals surface area contributed by atoms with Crippen LogP contribution in [0.3, 0.4) is 0 Å². The number of aromatic nitrogens is 1. The van der Waals surface area contributed by atoms with E-state index in [9.17, 15) is 0 Å². The summed E-state index contributed by atoms with van der Waals surface area (Å²) in [5, 5.41) is 0.647. The summed E-state index contributed by atoms with van der Waals surface area (Å²) in [5.74, 6) is 0.710. The highest BCUT2D eigenvalue weighted by Crippen LogP contribution is 2.18. The number of halogens is 2. The van der Waals surface area contributed by atoms with Gasteiger partial charge in [0, 0.05) is 21.0 Å². The van der Waals surface area contributed by atoms with Crippen LogP contribution in [0.15, 0.2) is 39.7 Å². The standard InChI is InChI=1S/C10H7BrClNO2/c11-10-13-8(6-15-10)5-14-9-3-1-2-7(12)4-9/h1-4,6H,5H2. The lowest BCUT2D eigenvalue weighted by Crippen LogP contribution is -1.95. The lowest BCUT2D eigenvalue weighted by Gasteiger charge is -2.03. The molecule has 0 bridgehead atoms. The van der Waals surface area contributed by atoms with Crippen molar-refractivity contribution in [1.82, 2.24) is 4.98 Å². The molecule has 0 saturated carbocycles. The van der Waals surface area contributed by atoms with Crippen LogP contribution in [0.25, 0.3) is 0 Å². The van der Waals surface area contributed by atoms with Gasteiger partial charge in [-0.05, 0) is 18.2 Å². The molecule has 0 fully saturated rings. The van der Waals surface area contributed by atoms with E-state index in [0.29, 0.717) is 22.2 Å². The minimum absolute atomic E-state index is 0.357. The first kappa shape index (κ1) is 10.5. The second kappa shape index (κ2) is 4.68. The minimum atomic E-state index is 0.357. The van der Waals surface area contributed by atoms with Gasteiger partial charge >= 0.3 is 0 Å². The first-order valence-electron chi connectivity index (χ1n) is 4.22. The van der Waals surface area contributed by atoms with Gasteiger partial charge in [-0.15, -0.1) is 0 Å². The van der Waals surface area contributed by atoms with Gasteiger partial charge < -0.3 is 9.15 Å². The van der Waals surface area contributed by atoms with Crippen LogP contribution in [0, 0.1) is 0 Å². The van der Waals surface area contributed by atoms with E-state index in [1.54, 1.807) is 12.1 Å². The van der Waals surface area contributed by atoms with Gasteiger partial charge in [0.15, 0.2) is 0 Å². The van der Waals surface area contributed by atoms with Crippen molar-refractivity contribution in [1.29, 1.82) is 0 Å². The van der Waals surface area contributed by atoms with E-state index in [-0.39, 0.29) is 0 Å². The molecule has 0 saturated heterocycles. The van der Waals surface area contributed by atoms with E-state index in [1.165, 1.54) is 6.26 Å². The molecular formula is C10H7BrClNO2. The molecule has 3 nitrogen and oxygen atoms in total. The maximum absolute atomic E-state index is 5.81. The summed E-state index contributed by atoms with van der Waals surface area (Å²) in [5.41, 5.74) is 0.724. The SMILES string of the molecule is Clc1cccc(OCc2coc(Br)n2)c1. The number of hydrogen-bond acceptors (Lipinski definition) is 3. The molecular weight excluding hydrogens is 281 g/mol. The minimum Gasteiger partial charge on any atom is -0.487 e. The van der Waals surface area contributed by atoms with Gasteiger partial charge in [0.2, 0.25) is 0 Å². The van der Waals surface area contributed by atoms with Gasteiger partial charge in [-0.1, -0.05) is 17.7 Å². The fourth-order valence-corrected chi connectivity index (χ4v) is 1.56. The van der Waals surface area contributed by atoms with Crippen LogP contribution >= 0.6 is 27.5 Å². The normalized spacial score (nSPS) is 10.3. The summed E-state index contributed by atoms with van der Waals surface area (Å²) >= 11 is 8.92. The first-order chi connectivity index (χ1) is 7.24. The maximum Gasteiger partial charge on any atom is 0.264 e. The summed E-state index contributed by atoms with van der Waals surface area (Å²) in [4.78, 5) is 4.49. The second-order valence-electron chi connectivity index (χ2n) is 2.84. The zero-order valence-electron chi connectivity index (χ0n) is 7.61. The highest BCUT2D eigenvalue weighted by Gasteiger charge is 2.01. The fraction of sp³-hybridized carbons (Fsp3) is 0.100. The molecule has 78 valence electrons. The largest absolute Gasteiger partial charge is 0.487 e. The van der Waals surface area contributed by atoms with Gasteiger partial charge in [0.25, 0.3) is 4.80 Å². The van der Waals surface area contributed by atoms with E-state index in [1.807, 2.05) is 12.1 Å². The molecule has 0 unspecified atom stereocenters. The zero-order chi connectivity index (χ0) is 10.7. The van der Waals surface area contributed by atoms with Gasteiger partial charge in [0.05, 0.1) is 0 Å². The average molecular weight is 289 g/mol. The summed E-state index contributed by atoms with van der Waals surface area (Å²) in [6.45, 7) is 0.357. The monoisotopic (exact) mass is 287 g/mol. The Morgan fingerprint density at radius 1 is 1.47 bits per heavy atom. The molecule has 1 aromatic carbocycles. The Kier molecular flexibility index (Phi) is 3.28. The van der Waals surface area contributed by atoms with E-state index >= 15 is 0 Å². The van der Waals surface area contributed by atoms with Gasteiger partial charge in [-0.2, -0.15) is 0 Å². The van der Waals surface area contributed by atoms with E-state index in [0.717, 1.165) is 5.69 Å². The maximum atomic E-state index is 5.81.